The lowest BCUT2D eigenvalue weighted by molar-refractivity contribution is -0.138. The van der Waals surface area contributed by atoms with Gasteiger partial charge in [-0.3, -0.25) is 9.69 Å². The Morgan fingerprint density at radius 1 is 0.923 bits per heavy atom. The van der Waals surface area contributed by atoms with Gasteiger partial charge in [0.05, 0.1) is 16.1 Å². The van der Waals surface area contributed by atoms with Crippen molar-refractivity contribution in [3.05, 3.63) is 94.0 Å². The number of hydrogen-bond acceptors (Lipinski definition) is 4. The zero-order valence-corrected chi connectivity index (χ0v) is 23.0. The Hall–Kier alpha value is -2.91. The van der Waals surface area contributed by atoms with E-state index < -0.39 is 11.7 Å². The Balaban J connectivity index is 1.28. The van der Waals surface area contributed by atoms with Gasteiger partial charge in [0, 0.05) is 28.1 Å². The molecule has 39 heavy (non-hydrogen) atoms. The van der Waals surface area contributed by atoms with E-state index in [-0.39, 0.29) is 23.9 Å². The Morgan fingerprint density at radius 3 is 2.13 bits per heavy atom. The first-order chi connectivity index (χ1) is 18.7. The normalized spacial score (nSPS) is 14.9. The summed E-state index contributed by atoms with van der Waals surface area (Å²) in [6.07, 6.45) is -3.28. The number of nitrogens with one attached hydrogen (secondary N) is 1. The number of alkyl halides is 3. The number of benzene rings is 3. The summed E-state index contributed by atoms with van der Waals surface area (Å²) in [4.78, 5) is 20.8. The van der Waals surface area contributed by atoms with Gasteiger partial charge in [-0.25, -0.2) is 4.98 Å². The van der Waals surface area contributed by atoms with Gasteiger partial charge in [-0.15, -0.1) is 0 Å². The molecule has 0 radical (unpaired) electrons. The molecule has 0 spiro atoms. The van der Waals surface area contributed by atoms with Gasteiger partial charge in [-0.2, -0.15) is 13.2 Å². The highest BCUT2D eigenvalue weighted by molar-refractivity contribution is 7.19. The van der Waals surface area contributed by atoms with Crippen molar-refractivity contribution < 1.29 is 18.0 Å². The number of likely N-dealkylation sites (tertiary alicyclic amines) is 1. The molecule has 4 aromatic rings. The highest BCUT2D eigenvalue weighted by Crippen LogP contribution is 2.40. The molecule has 0 unspecified atom stereocenters. The molecule has 3 aromatic carbocycles. The molecule has 0 saturated carbocycles. The van der Waals surface area contributed by atoms with Gasteiger partial charge in [-0.05, 0) is 67.4 Å². The number of aromatic nitrogens is 1. The quantitative estimate of drug-likeness (QED) is 0.245. The van der Waals surface area contributed by atoms with Gasteiger partial charge >= 0.3 is 6.18 Å². The van der Waals surface area contributed by atoms with Crippen molar-refractivity contribution >= 4 is 45.6 Å². The topological polar surface area (TPSA) is 45.2 Å². The number of halogens is 5. The molecule has 4 nitrogen and oxygen atoms in total. The minimum Gasteiger partial charge on any atom is -0.302 e. The number of rotatable bonds is 6. The van der Waals surface area contributed by atoms with Gasteiger partial charge in [0.25, 0.3) is 0 Å². The number of carbonyl (C=O) groups excluding carboxylic acids is 1. The number of piperidine rings is 1. The first-order valence-corrected chi connectivity index (χ1v) is 14.0. The summed E-state index contributed by atoms with van der Waals surface area (Å²) in [5.74, 6) is -0.384. The smallest absolute Gasteiger partial charge is 0.302 e. The van der Waals surface area contributed by atoms with Crippen LogP contribution < -0.4 is 5.32 Å². The van der Waals surface area contributed by atoms with E-state index in [2.05, 4.69) is 5.32 Å². The van der Waals surface area contributed by atoms with Crippen LogP contribution in [0.1, 0.15) is 24.0 Å². The predicted octanol–water partition coefficient (Wildman–Crippen LogP) is 8.65. The van der Waals surface area contributed by atoms with Gasteiger partial charge in [0.1, 0.15) is 0 Å². The van der Waals surface area contributed by atoms with Crippen LogP contribution in [0.4, 0.5) is 18.3 Å². The van der Waals surface area contributed by atoms with Crippen molar-refractivity contribution in [3.8, 4) is 21.7 Å². The molecule has 1 fully saturated rings. The monoisotopic (exact) mass is 589 g/mol. The predicted molar refractivity (Wildman–Crippen MR) is 151 cm³/mol. The minimum atomic E-state index is -4.39. The van der Waals surface area contributed by atoms with Crippen LogP contribution in [-0.4, -0.2) is 28.9 Å². The molecule has 1 amide bonds. The van der Waals surface area contributed by atoms with Crippen molar-refractivity contribution in [3.63, 3.8) is 0 Å². The molecule has 1 aliphatic heterocycles. The van der Waals surface area contributed by atoms with Gasteiger partial charge in [0.2, 0.25) is 5.91 Å². The van der Waals surface area contributed by atoms with Crippen molar-refractivity contribution in [2.24, 2.45) is 5.92 Å². The van der Waals surface area contributed by atoms with Crippen LogP contribution in [0.15, 0.2) is 72.8 Å². The van der Waals surface area contributed by atoms with Crippen molar-refractivity contribution in [2.45, 2.75) is 25.6 Å². The van der Waals surface area contributed by atoms with Gasteiger partial charge in [0.15, 0.2) is 5.13 Å². The third-order valence-electron chi connectivity index (χ3n) is 6.76. The lowest BCUT2D eigenvalue weighted by atomic mass is 9.95. The molecule has 0 bridgehead atoms. The number of anilines is 1. The molecule has 202 valence electrons. The zero-order chi connectivity index (χ0) is 27.6. The van der Waals surface area contributed by atoms with E-state index in [1.54, 1.807) is 30.3 Å². The Morgan fingerprint density at radius 2 is 1.51 bits per heavy atom. The van der Waals surface area contributed by atoms with E-state index in [1.165, 1.54) is 23.5 Å². The summed E-state index contributed by atoms with van der Waals surface area (Å²) in [5.41, 5.74) is 2.16. The summed E-state index contributed by atoms with van der Waals surface area (Å²) in [5, 5.41) is 4.70. The molecule has 1 N–H and O–H groups in total. The fourth-order valence-corrected chi connectivity index (χ4v) is 5.96. The summed E-state index contributed by atoms with van der Waals surface area (Å²) in [7, 11) is 0. The zero-order valence-electron chi connectivity index (χ0n) is 20.6. The maximum Gasteiger partial charge on any atom is 0.416 e. The maximum absolute atomic E-state index is 13.4. The number of nitrogens with zero attached hydrogens (tertiary/aromatic N) is 2. The largest absolute Gasteiger partial charge is 0.416 e. The summed E-state index contributed by atoms with van der Waals surface area (Å²) in [6.45, 7) is 1.27. The van der Waals surface area contributed by atoms with E-state index in [1.807, 2.05) is 29.2 Å². The summed E-state index contributed by atoms with van der Waals surface area (Å²) in [6, 6.07) is 20.4. The molecule has 1 saturated heterocycles. The molecular weight excluding hydrogens is 566 g/mol. The number of hydrogen-bond donors (Lipinski definition) is 1. The lowest BCUT2D eigenvalue weighted by Gasteiger charge is -2.31. The van der Waals surface area contributed by atoms with Crippen LogP contribution in [0, 0.1) is 5.92 Å². The average molecular weight is 590 g/mol. The van der Waals surface area contributed by atoms with Crippen LogP contribution in [0.25, 0.3) is 21.7 Å². The Bertz CT molecular complexity index is 1390. The van der Waals surface area contributed by atoms with Gasteiger partial charge < -0.3 is 5.32 Å². The highest BCUT2D eigenvalue weighted by Gasteiger charge is 2.34. The summed E-state index contributed by atoms with van der Waals surface area (Å²) < 4.78 is 40.1. The third kappa shape index (κ3) is 6.64. The molecule has 10 heteroatoms. The van der Waals surface area contributed by atoms with Crippen molar-refractivity contribution in [2.75, 3.05) is 18.4 Å². The number of thiazole rings is 1. The third-order valence-corrected chi connectivity index (χ3v) is 8.28. The first kappa shape index (κ1) is 27.6. The standard InChI is InChI=1S/C29H24Cl2F3N3OS/c30-22-9-5-18(6-10-22)25-26(19-7-11-23(31)12-8-19)39-28(35-25)36-27(38)20-13-15-37(16-14-20)17-21-3-1-2-4-24(21)29(32,33)34/h1-12,20H,13-17H2,(H,35,36,38). The highest BCUT2D eigenvalue weighted by atomic mass is 35.5. The summed E-state index contributed by atoms with van der Waals surface area (Å²) >= 11 is 13.5. The van der Waals surface area contributed by atoms with Crippen molar-refractivity contribution in [1.29, 1.82) is 0 Å². The fraction of sp³-hybridized carbons (Fsp3) is 0.241. The molecule has 0 atom stereocenters. The molecule has 2 heterocycles. The van der Waals surface area contributed by atoms with Crippen LogP contribution in [0.5, 0.6) is 0 Å². The Kier molecular flexibility index (Phi) is 8.28. The van der Waals surface area contributed by atoms with Gasteiger partial charge in [-0.1, -0.05) is 77.0 Å². The van der Waals surface area contributed by atoms with E-state index in [0.717, 1.165) is 27.8 Å². The van der Waals surface area contributed by atoms with E-state index in [0.29, 0.717) is 41.1 Å². The van der Waals surface area contributed by atoms with E-state index in [9.17, 15) is 18.0 Å². The van der Waals surface area contributed by atoms with E-state index in [4.69, 9.17) is 28.2 Å². The second-order valence-electron chi connectivity index (χ2n) is 9.41. The van der Waals surface area contributed by atoms with Crippen molar-refractivity contribution in [1.82, 2.24) is 9.88 Å². The average Bonchev–Trinajstić information content (AvgIpc) is 3.33. The minimum absolute atomic E-state index is 0.135. The maximum atomic E-state index is 13.4. The van der Waals surface area contributed by atoms with Crippen LogP contribution in [0.2, 0.25) is 10.0 Å². The first-order valence-electron chi connectivity index (χ1n) is 12.4. The number of amides is 1. The fourth-order valence-electron chi connectivity index (χ4n) is 4.71. The molecular formula is C29H24Cl2F3N3OS. The van der Waals surface area contributed by atoms with Crippen LogP contribution >= 0.6 is 34.5 Å². The lowest BCUT2D eigenvalue weighted by Crippen LogP contribution is -2.38. The number of carbonyl (C=O) groups is 1. The SMILES string of the molecule is O=C(Nc1nc(-c2ccc(Cl)cc2)c(-c2ccc(Cl)cc2)s1)C1CCN(Cc2ccccc2C(F)(F)F)CC1. The van der Waals surface area contributed by atoms with E-state index >= 15 is 0 Å². The van der Waals surface area contributed by atoms with Crippen LogP contribution in [-0.2, 0) is 17.5 Å². The second-order valence-corrected chi connectivity index (χ2v) is 11.3. The molecule has 1 aromatic heterocycles. The van der Waals surface area contributed by atoms with Crippen LogP contribution in [0.3, 0.4) is 0 Å². The second kappa shape index (κ2) is 11.7. The Labute approximate surface area is 238 Å². The molecule has 5 rings (SSSR count). The molecule has 0 aliphatic carbocycles. The molecule has 1 aliphatic rings.